The fraction of sp³-hybridized carbons (Fsp3) is 0.364. The summed E-state index contributed by atoms with van der Waals surface area (Å²) in [5, 5.41) is 14.8. The summed E-state index contributed by atoms with van der Waals surface area (Å²) in [7, 11) is 0. The van der Waals surface area contributed by atoms with Crippen LogP contribution in [0.25, 0.3) is 11.0 Å². The van der Waals surface area contributed by atoms with Gasteiger partial charge in [-0.3, -0.25) is 0 Å². The summed E-state index contributed by atoms with van der Waals surface area (Å²) < 4.78 is 5.11. The van der Waals surface area contributed by atoms with E-state index < -0.39 is 5.60 Å². The Bertz CT molecular complexity index is 497. The first kappa shape index (κ1) is 8.00. The molecule has 0 aliphatic heterocycles. The lowest BCUT2D eigenvalue weighted by atomic mass is 10.1. The van der Waals surface area contributed by atoms with Gasteiger partial charge < -0.3 is 9.63 Å². The first-order valence-electron chi connectivity index (χ1n) is 4.78. The van der Waals surface area contributed by atoms with E-state index in [0.717, 1.165) is 35.1 Å². The summed E-state index contributed by atoms with van der Waals surface area (Å²) >= 11 is 0. The Morgan fingerprint density at radius 2 is 2.21 bits per heavy atom. The molecule has 2 aromatic rings. The molecule has 0 radical (unpaired) electrons. The topological polar surface area (TPSA) is 46.3 Å². The molecule has 0 spiro atoms. The number of fused-ring (bicyclic) bond motifs is 1. The lowest BCUT2D eigenvalue weighted by molar-refractivity contribution is 0.151. The summed E-state index contributed by atoms with van der Waals surface area (Å²) in [5.41, 5.74) is 2.08. The smallest absolute Gasteiger partial charge is 0.167 e. The van der Waals surface area contributed by atoms with Crippen LogP contribution < -0.4 is 0 Å². The Kier molecular flexibility index (Phi) is 1.35. The maximum atomic E-state index is 9.94. The fourth-order valence-corrected chi connectivity index (χ4v) is 1.76. The van der Waals surface area contributed by atoms with E-state index in [1.54, 1.807) is 0 Å². The predicted octanol–water partition coefficient (Wildman–Crippen LogP) is 2.12. The number of nitrogens with zero attached hydrogens (tertiary/aromatic N) is 1. The third-order valence-electron chi connectivity index (χ3n) is 2.91. The second kappa shape index (κ2) is 2.36. The highest BCUT2D eigenvalue weighted by Gasteiger charge is 2.42. The van der Waals surface area contributed by atoms with Crippen molar-refractivity contribution in [2.45, 2.75) is 25.4 Å². The van der Waals surface area contributed by atoms with Gasteiger partial charge >= 0.3 is 0 Å². The van der Waals surface area contributed by atoms with Crippen LogP contribution >= 0.6 is 0 Å². The van der Waals surface area contributed by atoms with Gasteiger partial charge in [0.15, 0.2) is 5.58 Å². The van der Waals surface area contributed by atoms with E-state index in [4.69, 9.17) is 4.52 Å². The molecule has 1 aromatic carbocycles. The molecule has 3 rings (SSSR count). The number of rotatable bonds is 1. The van der Waals surface area contributed by atoms with Crippen molar-refractivity contribution < 1.29 is 9.63 Å². The van der Waals surface area contributed by atoms with Crippen LogP contribution in [0.5, 0.6) is 0 Å². The molecule has 0 bridgehead atoms. The van der Waals surface area contributed by atoms with Crippen LogP contribution in [-0.4, -0.2) is 10.3 Å². The van der Waals surface area contributed by atoms with E-state index in [-0.39, 0.29) is 0 Å². The molecule has 1 aliphatic rings. The van der Waals surface area contributed by atoms with E-state index in [9.17, 15) is 5.11 Å². The summed E-state index contributed by atoms with van der Waals surface area (Å²) in [5.74, 6) is 0. The summed E-state index contributed by atoms with van der Waals surface area (Å²) in [6.45, 7) is 1.91. The van der Waals surface area contributed by atoms with E-state index in [1.165, 1.54) is 0 Å². The van der Waals surface area contributed by atoms with Gasteiger partial charge in [-0.1, -0.05) is 11.2 Å². The molecule has 14 heavy (non-hydrogen) atoms. The Balaban J connectivity index is 2.23. The molecule has 0 saturated heterocycles. The molecule has 0 amide bonds. The first-order chi connectivity index (χ1) is 6.69. The zero-order chi connectivity index (χ0) is 9.76. The Labute approximate surface area is 81.3 Å². The van der Waals surface area contributed by atoms with Crippen molar-refractivity contribution in [2.75, 3.05) is 0 Å². The number of aromatic nitrogens is 1. The monoisotopic (exact) mass is 189 g/mol. The van der Waals surface area contributed by atoms with E-state index in [2.05, 4.69) is 5.16 Å². The molecule has 1 N–H and O–H groups in total. The minimum Gasteiger partial charge on any atom is -0.385 e. The second-order valence-electron chi connectivity index (χ2n) is 4.01. The van der Waals surface area contributed by atoms with Gasteiger partial charge in [-0.15, -0.1) is 0 Å². The van der Waals surface area contributed by atoms with Crippen molar-refractivity contribution in [2.24, 2.45) is 0 Å². The van der Waals surface area contributed by atoms with E-state index >= 15 is 0 Å². The lowest BCUT2D eigenvalue weighted by Crippen LogP contribution is -2.03. The van der Waals surface area contributed by atoms with E-state index in [1.807, 2.05) is 25.1 Å². The Morgan fingerprint density at radius 1 is 1.43 bits per heavy atom. The van der Waals surface area contributed by atoms with Crippen molar-refractivity contribution >= 4 is 11.0 Å². The molecule has 0 atom stereocenters. The highest BCUT2D eigenvalue weighted by atomic mass is 16.5. The van der Waals surface area contributed by atoms with Crippen LogP contribution in [0.1, 0.15) is 24.1 Å². The third kappa shape index (κ3) is 0.990. The van der Waals surface area contributed by atoms with E-state index in [0.29, 0.717) is 0 Å². The first-order valence-corrected chi connectivity index (χ1v) is 4.78. The van der Waals surface area contributed by atoms with Crippen molar-refractivity contribution in [3.05, 3.63) is 29.5 Å². The molecule has 1 saturated carbocycles. The number of hydrogen-bond acceptors (Lipinski definition) is 3. The van der Waals surface area contributed by atoms with Crippen LogP contribution in [0.2, 0.25) is 0 Å². The van der Waals surface area contributed by atoms with Gasteiger partial charge in [0.25, 0.3) is 0 Å². The number of aliphatic hydroxyl groups is 1. The highest BCUT2D eigenvalue weighted by Crippen LogP contribution is 2.45. The van der Waals surface area contributed by atoms with Crippen LogP contribution in [0.4, 0.5) is 0 Å². The Hall–Kier alpha value is -1.35. The van der Waals surface area contributed by atoms with Crippen molar-refractivity contribution in [1.82, 2.24) is 5.16 Å². The molecular formula is C11H11NO2. The molecule has 0 unspecified atom stereocenters. The molecule has 3 nitrogen and oxygen atoms in total. The van der Waals surface area contributed by atoms with Gasteiger partial charge in [0, 0.05) is 5.39 Å². The Morgan fingerprint density at radius 3 is 2.93 bits per heavy atom. The minimum absolute atomic E-state index is 0.572. The summed E-state index contributed by atoms with van der Waals surface area (Å²) in [4.78, 5) is 0. The lowest BCUT2D eigenvalue weighted by Gasteiger charge is -2.06. The third-order valence-corrected chi connectivity index (χ3v) is 2.91. The van der Waals surface area contributed by atoms with Gasteiger partial charge in [-0.2, -0.15) is 0 Å². The van der Waals surface area contributed by atoms with Crippen LogP contribution in [-0.2, 0) is 5.60 Å². The molecule has 1 fully saturated rings. The fourth-order valence-electron chi connectivity index (χ4n) is 1.76. The van der Waals surface area contributed by atoms with Gasteiger partial charge in [0.05, 0.1) is 11.3 Å². The zero-order valence-corrected chi connectivity index (χ0v) is 7.95. The molecule has 1 aromatic heterocycles. The van der Waals surface area contributed by atoms with Crippen LogP contribution in [0.3, 0.4) is 0 Å². The number of benzene rings is 1. The second-order valence-corrected chi connectivity index (χ2v) is 4.01. The zero-order valence-electron chi connectivity index (χ0n) is 7.95. The van der Waals surface area contributed by atoms with Crippen LogP contribution in [0, 0.1) is 6.92 Å². The largest absolute Gasteiger partial charge is 0.385 e. The van der Waals surface area contributed by atoms with Crippen molar-refractivity contribution in [3.8, 4) is 0 Å². The molecule has 72 valence electrons. The average molecular weight is 189 g/mol. The van der Waals surface area contributed by atoms with Crippen molar-refractivity contribution in [1.29, 1.82) is 0 Å². The summed E-state index contributed by atoms with van der Waals surface area (Å²) in [6, 6.07) is 5.77. The quantitative estimate of drug-likeness (QED) is 0.747. The van der Waals surface area contributed by atoms with Gasteiger partial charge in [0.2, 0.25) is 0 Å². The molecule has 1 heterocycles. The minimum atomic E-state index is -0.572. The average Bonchev–Trinajstić information content (AvgIpc) is 2.84. The van der Waals surface area contributed by atoms with Crippen molar-refractivity contribution in [3.63, 3.8) is 0 Å². The number of hydrogen-bond donors (Lipinski definition) is 1. The maximum absolute atomic E-state index is 9.94. The van der Waals surface area contributed by atoms with Gasteiger partial charge in [-0.05, 0) is 37.5 Å². The molecular weight excluding hydrogens is 178 g/mol. The molecule has 1 aliphatic carbocycles. The normalized spacial score (nSPS) is 18.7. The highest BCUT2D eigenvalue weighted by molar-refractivity contribution is 5.80. The molecule has 3 heteroatoms. The summed E-state index contributed by atoms with van der Waals surface area (Å²) in [6.07, 6.45) is 1.73. The van der Waals surface area contributed by atoms with Gasteiger partial charge in [0.1, 0.15) is 0 Å². The predicted molar refractivity (Wildman–Crippen MR) is 51.9 cm³/mol. The SMILES string of the molecule is Cc1noc2ccc(C3(O)CC3)cc12. The van der Waals surface area contributed by atoms with Gasteiger partial charge in [-0.25, -0.2) is 0 Å². The maximum Gasteiger partial charge on any atom is 0.167 e. The van der Waals surface area contributed by atoms with Crippen LogP contribution in [0.15, 0.2) is 22.7 Å². The number of aryl methyl sites for hydroxylation is 1. The standard InChI is InChI=1S/C11H11NO2/c1-7-9-6-8(11(13)4-5-11)2-3-10(9)14-12-7/h2-3,6,13H,4-5H2,1H3.